The van der Waals surface area contributed by atoms with Gasteiger partial charge in [0.2, 0.25) is 0 Å². The molecule has 0 aromatic carbocycles. The van der Waals surface area contributed by atoms with Gasteiger partial charge in [0.15, 0.2) is 6.29 Å². The van der Waals surface area contributed by atoms with Gasteiger partial charge in [-0.2, -0.15) is 0 Å². The normalized spacial score (nSPS) is 14.2. The van der Waals surface area contributed by atoms with Crippen molar-refractivity contribution < 1.29 is 9.84 Å². The molecule has 0 aromatic heterocycles. The van der Waals surface area contributed by atoms with E-state index in [-0.39, 0.29) is 0 Å². The third kappa shape index (κ3) is 5.52. The summed E-state index contributed by atoms with van der Waals surface area (Å²) < 4.78 is 5.13. The molecule has 0 saturated heterocycles. The van der Waals surface area contributed by atoms with Gasteiger partial charge in [-0.05, 0) is 27.3 Å². The molecule has 74 valence electrons. The van der Waals surface area contributed by atoms with E-state index in [0.29, 0.717) is 19.2 Å². The molecule has 1 atom stereocenters. The monoisotopic (exact) mass is 175 g/mol. The fourth-order valence-corrected chi connectivity index (χ4v) is 0.764. The summed E-state index contributed by atoms with van der Waals surface area (Å²) >= 11 is 0. The predicted molar refractivity (Wildman–Crippen MR) is 50.0 cm³/mol. The lowest BCUT2D eigenvalue weighted by Gasteiger charge is -2.23. The summed E-state index contributed by atoms with van der Waals surface area (Å²) in [5, 5.41) is 9.34. The predicted octanol–water partition coefficient (Wildman–Crippen LogP) is 1.07. The minimum atomic E-state index is -0.641. The zero-order chi connectivity index (χ0) is 9.56. The molecule has 0 rings (SSSR count). The molecule has 0 saturated carbocycles. The lowest BCUT2D eigenvalue weighted by Crippen LogP contribution is -2.35. The van der Waals surface area contributed by atoms with Crippen LogP contribution in [-0.2, 0) is 4.74 Å². The van der Waals surface area contributed by atoms with Crippen LogP contribution >= 0.6 is 0 Å². The van der Waals surface area contributed by atoms with E-state index in [2.05, 4.69) is 18.7 Å². The number of rotatable bonds is 6. The number of likely N-dealkylation sites (N-methyl/N-ethyl adjacent to an activating group) is 1. The van der Waals surface area contributed by atoms with E-state index < -0.39 is 6.29 Å². The van der Waals surface area contributed by atoms with Gasteiger partial charge in [0, 0.05) is 19.2 Å². The average molecular weight is 175 g/mol. The number of aliphatic hydroxyl groups excluding tert-OH is 1. The van der Waals surface area contributed by atoms with Crippen molar-refractivity contribution in [3.05, 3.63) is 0 Å². The topological polar surface area (TPSA) is 32.7 Å². The SMILES string of the molecule is CCCOC(O)CN(C)C(C)C. The highest BCUT2D eigenvalue weighted by molar-refractivity contribution is 4.57. The van der Waals surface area contributed by atoms with Crippen molar-refractivity contribution in [2.45, 2.75) is 39.5 Å². The van der Waals surface area contributed by atoms with Crippen LogP contribution in [0.1, 0.15) is 27.2 Å². The lowest BCUT2D eigenvalue weighted by atomic mass is 10.3. The smallest absolute Gasteiger partial charge is 0.167 e. The van der Waals surface area contributed by atoms with E-state index in [1.807, 2.05) is 14.0 Å². The second kappa shape index (κ2) is 6.40. The van der Waals surface area contributed by atoms with Crippen molar-refractivity contribution in [2.24, 2.45) is 0 Å². The van der Waals surface area contributed by atoms with Gasteiger partial charge in [0.05, 0.1) is 0 Å². The van der Waals surface area contributed by atoms with Crippen molar-refractivity contribution in [3.63, 3.8) is 0 Å². The average Bonchev–Trinajstić information content (AvgIpc) is 2.00. The first kappa shape index (κ1) is 11.9. The molecule has 0 aliphatic rings. The number of hydrogen-bond acceptors (Lipinski definition) is 3. The van der Waals surface area contributed by atoms with Crippen LogP contribution in [0.3, 0.4) is 0 Å². The van der Waals surface area contributed by atoms with Gasteiger partial charge in [0.25, 0.3) is 0 Å². The van der Waals surface area contributed by atoms with Gasteiger partial charge < -0.3 is 9.84 Å². The minimum absolute atomic E-state index is 0.449. The molecule has 0 aliphatic heterocycles. The van der Waals surface area contributed by atoms with Crippen molar-refractivity contribution in [1.82, 2.24) is 4.90 Å². The summed E-state index contributed by atoms with van der Waals surface area (Å²) in [6, 6.07) is 0.449. The van der Waals surface area contributed by atoms with E-state index in [1.165, 1.54) is 0 Å². The second-order valence-corrected chi connectivity index (χ2v) is 3.36. The van der Waals surface area contributed by atoms with Crippen molar-refractivity contribution in [2.75, 3.05) is 20.2 Å². The molecular formula is C9H21NO2. The first-order valence-electron chi connectivity index (χ1n) is 4.57. The lowest BCUT2D eigenvalue weighted by molar-refractivity contribution is -0.113. The van der Waals surface area contributed by atoms with Crippen LogP contribution in [0.2, 0.25) is 0 Å². The summed E-state index contributed by atoms with van der Waals surface area (Å²) in [6.45, 7) is 7.42. The van der Waals surface area contributed by atoms with Gasteiger partial charge in [-0.25, -0.2) is 0 Å². The number of nitrogens with zero attached hydrogens (tertiary/aromatic N) is 1. The summed E-state index contributed by atoms with van der Waals surface area (Å²) in [5.74, 6) is 0. The summed E-state index contributed by atoms with van der Waals surface area (Å²) in [4.78, 5) is 2.06. The molecule has 1 N–H and O–H groups in total. The van der Waals surface area contributed by atoms with Crippen LogP contribution in [0.4, 0.5) is 0 Å². The molecule has 3 heteroatoms. The summed E-state index contributed by atoms with van der Waals surface area (Å²) in [6.07, 6.45) is 0.306. The molecule has 0 spiro atoms. The van der Waals surface area contributed by atoms with E-state index in [0.717, 1.165) is 6.42 Å². The molecule has 1 unspecified atom stereocenters. The standard InChI is InChI=1S/C9H21NO2/c1-5-6-12-9(11)7-10(4)8(2)3/h8-9,11H,5-7H2,1-4H3. The van der Waals surface area contributed by atoms with Crippen molar-refractivity contribution >= 4 is 0 Å². The minimum Gasteiger partial charge on any atom is -0.367 e. The van der Waals surface area contributed by atoms with Gasteiger partial charge in [-0.3, -0.25) is 4.90 Å². The third-order valence-electron chi connectivity index (χ3n) is 1.84. The Bertz CT molecular complexity index is 107. The van der Waals surface area contributed by atoms with E-state index in [9.17, 15) is 5.11 Å². The maximum Gasteiger partial charge on any atom is 0.167 e. The zero-order valence-electron chi connectivity index (χ0n) is 8.58. The molecule has 0 heterocycles. The largest absolute Gasteiger partial charge is 0.367 e. The zero-order valence-corrected chi connectivity index (χ0v) is 8.58. The first-order chi connectivity index (χ1) is 5.57. The maximum absolute atomic E-state index is 9.34. The van der Waals surface area contributed by atoms with Gasteiger partial charge >= 0.3 is 0 Å². The van der Waals surface area contributed by atoms with E-state index in [1.54, 1.807) is 0 Å². The summed E-state index contributed by atoms with van der Waals surface area (Å²) in [5.41, 5.74) is 0. The third-order valence-corrected chi connectivity index (χ3v) is 1.84. The van der Waals surface area contributed by atoms with Gasteiger partial charge in [0.1, 0.15) is 0 Å². The molecule has 0 aliphatic carbocycles. The fraction of sp³-hybridized carbons (Fsp3) is 1.00. The maximum atomic E-state index is 9.34. The van der Waals surface area contributed by atoms with Crippen molar-refractivity contribution in [1.29, 1.82) is 0 Å². The fourth-order valence-electron chi connectivity index (χ4n) is 0.764. The molecule has 0 amide bonds. The Labute approximate surface area is 75.3 Å². The second-order valence-electron chi connectivity index (χ2n) is 3.36. The Hall–Kier alpha value is -0.120. The number of aliphatic hydroxyl groups is 1. The number of hydrogen-bond donors (Lipinski definition) is 1. The van der Waals surface area contributed by atoms with Crippen LogP contribution in [0.15, 0.2) is 0 Å². The molecule has 0 aromatic rings. The van der Waals surface area contributed by atoms with Crippen LogP contribution in [-0.4, -0.2) is 42.5 Å². The highest BCUT2D eigenvalue weighted by Crippen LogP contribution is 1.97. The van der Waals surface area contributed by atoms with Crippen LogP contribution in [0.25, 0.3) is 0 Å². The van der Waals surface area contributed by atoms with Crippen LogP contribution in [0, 0.1) is 0 Å². The Kier molecular flexibility index (Phi) is 6.34. The van der Waals surface area contributed by atoms with Gasteiger partial charge in [-0.15, -0.1) is 0 Å². The van der Waals surface area contributed by atoms with Crippen LogP contribution in [0.5, 0.6) is 0 Å². The molecule has 0 fully saturated rings. The Morgan fingerprint density at radius 1 is 1.42 bits per heavy atom. The molecule has 0 bridgehead atoms. The Morgan fingerprint density at radius 2 is 2.00 bits per heavy atom. The molecular weight excluding hydrogens is 154 g/mol. The Balaban J connectivity index is 3.47. The summed E-state index contributed by atoms with van der Waals surface area (Å²) in [7, 11) is 1.98. The van der Waals surface area contributed by atoms with E-state index in [4.69, 9.17) is 4.74 Å². The molecule has 12 heavy (non-hydrogen) atoms. The van der Waals surface area contributed by atoms with E-state index >= 15 is 0 Å². The van der Waals surface area contributed by atoms with Crippen molar-refractivity contribution in [3.8, 4) is 0 Å². The molecule has 0 radical (unpaired) electrons. The highest BCUT2D eigenvalue weighted by Gasteiger charge is 2.09. The highest BCUT2D eigenvalue weighted by atomic mass is 16.6. The Morgan fingerprint density at radius 3 is 2.42 bits per heavy atom. The number of ether oxygens (including phenoxy) is 1. The molecule has 3 nitrogen and oxygen atoms in total. The first-order valence-corrected chi connectivity index (χ1v) is 4.57. The van der Waals surface area contributed by atoms with Gasteiger partial charge in [-0.1, -0.05) is 6.92 Å². The van der Waals surface area contributed by atoms with Crippen LogP contribution < -0.4 is 0 Å². The quantitative estimate of drug-likeness (QED) is 0.613.